The van der Waals surface area contributed by atoms with E-state index in [-0.39, 0.29) is 5.91 Å². The largest absolute Gasteiger partial charge is 0.350 e. The Labute approximate surface area is 160 Å². The molecule has 27 heavy (non-hydrogen) atoms. The lowest BCUT2D eigenvalue weighted by Crippen LogP contribution is -2.30. The van der Waals surface area contributed by atoms with Crippen LogP contribution in [0.4, 0.5) is 5.95 Å². The highest BCUT2D eigenvalue weighted by molar-refractivity contribution is 5.93. The molecule has 5 heteroatoms. The molecule has 0 radical (unpaired) electrons. The van der Waals surface area contributed by atoms with Crippen molar-refractivity contribution in [3.8, 4) is 0 Å². The minimum Gasteiger partial charge on any atom is -0.350 e. The normalized spacial score (nSPS) is 10.4. The molecule has 0 unspecified atom stereocenters. The topological polar surface area (TPSA) is 58.1 Å². The summed E-state index contributed by atoms with van der Waals surface area (Å²) < 4.78 is 0. The summed E-state index contributed by atoms with van der Waals surface area (Å²) in [4.78, 5) is 23.1. The summed E-state index contributed by atoms with van der Waals surface area (Å²) in [5.74, 6) is 0.449. The van der Waals surface area contributed by atoms with Crippen molar-refractivity contribution in [3.63, 3.8) is 0 Å². The third kappa shape index (κ3) is 5.14. The Morgan fingerprint density at radius 1 is 0.963 bits per heavy atom. The van der Waals surface area contributed by atoms with Crippen LogP contribution in [0.15, 0.2) is 67.0 Å². The molecule has 0 aliphatic rings. The van der Waals surface area contributed by atoms with Gasteiger partial charge in [0.2, 0.25) is 5.95 Å². The standard InChI is InChI=1S/C22H24N4O/c1-3-26(16-19-7-5-4-6-8-19)21(27)20-14-24-22(25-15-20)23-13-18-11-9-17(2)10-12-18/h4-12,14-15H,3,13,16H2,1-2H3,(H,23,24,25). The van der Waals surface area contributed by atoms with Crippen molar-refractivity contribution in [2.75, 3.05) is 11.9 Å². The first kappa shape index (κ1) is 18.6. The van der Waals surface area contributed by atoms with Gasteiger partial charge in [-0.1, -0.05) is 60.2 Å². The van der Waals surface area contributed by atoms with Crippen LogP contribution < -0.4 is 5.32 Å². The smallest absolute Gasteiger partial charge is 0.257 e. The fraction of sp³-hybridized carbons (Fsp3) is 0.227. The Morgan fingerprint density at radius 2 is 1.63 bits per heavy atom. The number of amides is 1. The molecule has 2 aromatic carbocycles. The van der Waals surface area contributed by atoms with E-state index in [0.29, 0.717) is 31.1 Å². The van der Waals surface area contributed by atoms with E-state index in [1.165, 1.54) is 5.56 Å². The van der Waals surface area contributed by atoms with Crippen LogP contribution >= 0.6 is 0 Å². The highest BCUT2D eigenvalue weighted by Gasteiger charge is 2.15. The molecule has 0 spiro atoms. The van der Waals surface area contributed by atoms with Gasteiger partial charge in [-0.05, 0) is 25.0 Å². The minimum atomic E-state index is -0.0635. The second-order valence-corrected chi connectivity index (χ2v) is 6.44. The Balaban J connectivity index is 1.61. The number of nitrogens with zero attached hydrogens (tertiary/aromatic N) is 3. The predicted molar refractivity (Wildman–Crippen MR) is 107 cm³/mol. The van der Waals surface area contributed by atoms with Crippen LogP contribution in [0.2, 0.25) is 0 Å². The highest BCUT2D eigenvalue weighted by atomic mass is 16.2. The minimum absolute atomic E-state index is 0.0635. The molecule has 0 aliphatic carbocycles. The molecule has 1 amide bonds. The summed E-state index contributed by atoms with van der Waals surface area (Å²) in [7, 11) is 0. The van der Waals surface area contributed by atoms with E-state index in [4.69, 9.17) is 0 Å². The van der Waals surface area contributed by atoms with E-state index in [1.54, 1.807) is 17.3 Å². The van der Waals surface area contributed by atoms with Crippen LogP contribution in [0.3, 0.4) is 0 Å². The van der Waals surface area contributed by atoms with E-state index in [0.717, 1.165) is 11.1 Å². The van der Waals surface area contributed by atoms with Gasteiger partial charge in [0.1, 0.15) is 0 Å². The van der Waals surface area contributed by atoms with Gasteiger partial charge in [-0.15, -0.1) is 0 Å². The van der Waals surface area contributed by atoms with Crippen LogP contribution in [0, 0.1) is 6.92 Å². The van der Waals surface area contributed by atoms with Crippen molar-refractivity contribution >= 4 is 11.9 Å². The van der Waals surface area contributed by atoms with E-state index in [9.17, 15) is 4.79 Å². The van der Waals surface area contributed by atoms with Gasteiger partial charge >= 0.3 is 0 Å². The molecule has 3 rings (SSSR count). The molecule has 3 aromatic rings. The number of aromatic nitrogens is 2. The molecular weight excluding hydrogens is 336 g/mol. The zero-order valence-corrected chi connectivity index (χ0v) is 15.7. The molecule has 0 bridgehead atoms. The zero-order valence-electron chi connectivity index (χ0n) is 15.7. The van der Waals surface area contributed by atoms with Crippen molar-refractivity contribution in [3.05, 3.63) is 89.2 Å². The van der Waals surface area contributed by atoms with Gasteiger partial charge in [0.25, 0.3) is 5.91 Å². The molecule has 0 atom stereocenters. The van der Waals surface area contributed by atoms with Crippen molar-refractivity contribution in [2.24, 2.45) is 0 Å². The van der Waals surface area contributed by atoms with Crippen LogP contribution in [0.5, 0.6) is 0 Å². The summed E-state index contributed by atoms with van der Waals surface area (Å²) in [6.07, 6.45) is 3.17. The zero-order chi connectivity index (χ0) is 19.1. The first-order valence-corrected chi connectivity index (χ1v) is 9.10. The van der Waals surface area contributed by atoms with E-state index in [1.807, 2.05) is 37.3 Å². The number of aryl methyl sites for hydroxylation is 1. The Bertz CT molecular complexity index is 861. The van der Waals surface area contributed by atoms with E-state index >= 15 is 0 Å². The van der Waals surface area contributed by atoms with E-state index in [2.05, 4.69) is 46.5 Å². The van der Waals surface area contributed by atoms with Gasteiger partial charge in [0.15, 0.2) is 0 Å². The van der Waals surface area contributed by atoms with Gasteiger partial charge in [-0.2, -0.15) is 0 Å². The fourth-order valence-electron chi connectivity index (χ4n) is 2.73. The fourth-order valence-corrected chi connectivity index (χ4v) is 2.73. The van der Waals surface area contributed by atoms with Gasteiger partial charge in [0, 0.05) is 32.0 Å². The number of benzene rings is 2. The first-order chi connectivity index (χ1) is 13.2. The number of carbonyl (C=O) groups excluding carboxylic acids is 1. The van der Waals surface area contributed by atoms with Crippen LogP contribution in [0.25, 0.3) is 0 Å². The average Bonchev–Trinajstić information content (AvgIpc) is 2.72. The second-order valence-electron chi connectivity index (χ2n) is 6.44. The number of rotatable bonds is 7. The maximum atomic E-state index is 12.7. The lowest BCUT2D eigenvalue weighted by atomic mass is 10.1. The van der Waals surface area contributed by atoms with Gasteiger partial charge < -0.3 is 10.2 Å². The molecule has 0 saturated heterocycles. The van der Waals surface area contributed by atoms with Crippen LogP contribution in [-0.2, 0) is 13.1 Å². The summed E-state index contributed by atoms with van der Waals surface area (Å²) in [6.45, 7) is 5.88. The third-order valence-corrected chi connectivity index (χ3v) is 4.36. The highest BCUT2D eigenvalue weighted by Crippen LogP contribution is 2.11. The maximum Gasteiger partial charge on any atom is 0.257 e. The van der Waals surface area contributed by atoms with Crippen molar-refractivity contribution < 1.29 is 4.79 Å². The molecule has 1 N–H and O–H groups in total. The van der Waals surface area contributed by atoms with Gasteiger partial charge in [0.05, 0.1) is 5.56 Å². The van der Waals surface area contributed by atoms with Crippen LogP contribution in [-0.4, -0.2) is 27.3 Å². The Morgan fingerprint density at radius 3 is 2.26 bits per heavy atom. The number of hydrogen-bond acceptors (Lipinski definition) is 4. The maximum absolute atomic E-state index is 12.7. The molecule has 1 heterocycles. The van der Waals surface area contributed by atoms with Crippen LogP contribution in [0.1, 0.15) is 34.0 Å². The van der Waals surface area contributed by atoms with Crippen molar-refractivity contribution in [1.82, 2.24) is 14.9 Å². The monoisotopic (exact) mass is 360 g/mol. The van der Waals surface area contributed by atoms with Gasteiger partial charge in [-0.3, -0.25) is 4.79 Å². The quantitative estimate of drug-likeness (QED) is 0.690. The lowest BCUT2D eigenvalue weighted by Gasteiger charge is -2.20. The molecule has 138 valence electrons. The predicted octanol–water partition coefficient (Wildman–Crippen LogP) is 4.06. The first-order valence-electron chi connectivity index (χ1n) is 9.10. The van der Waals surface area contributed by atoms with Crippen molar-refractivity contribution in [1.29, 1.82) is 0 Å². The number of carbonyl (C=O) groups is 1. The van der Waals surface area contributed by atoms with E-state index < -0.39 is 0 Å². The second kappa shape index (κ2) is 8.94. The molecule has 1 aromatic heterocycles. The molecule has 0 fully saturated rings. The third-order valence-electron chi connectivity index (χ3n) is 4.36. The lowest BCUT2D eigenvalue weighted by molar-refractivity contribution is 0.0751. The summed E-state index contributed by atoms with van der Waals surface area (Å²) in [5.41, 5.74) is 3.98. The number of hydrogen-bond donors (Lipinski definition) is 1. The van der Waals surface area contributed by atoms with Crippen molar-refractivity contribution in [2.45, 2.75) is 26.9 Å². The molecule has 5 nitrogen and oxygen atoms in total. The number of anilines is 1. The summed E-state index contributed by atoms with van der Waals surface area (Å²) in [6, 6.07) is 18.3. The molecule has 0 aliphatic heterocycles. The summed E-state index contributed by atoms with van der Waals surface area (Å²) >= 11 is 0. The molecule has 0 saturated carbocycles. The average molecular weight is 360 g/mol. The Kier molecular flexibility index (Phi) is 6.15. The number of nitrogens with one attached hydrogen (secondary N) is 1. The Hall–Kier alpha value is -3.21. The summed E-state index contributed by atoms with van der Waals surface area (Å²) in [5, 5.41) is 3.18. The SMILES string of the molecule is CCN(Cc1ccccc1)C(=O)c1cnc(NCc2ccc(C)cc2)nc1. The van der Waals surface area contributed by atoms with Gasteiger partial charge in [-0.25, -0.2) is 9.97 Å². The molecular formula is C22H24N4O.